The molecular formula is C18H33N5O2. The Balaban J connectivity index is 1.84. The van der Waals surface area contributed by atoms with Crippen molar-refractivity contribution in [2.45, 2.75) is 39.2 Å². The van der Waals surface area contributed by atoms with Gasteiger partial charge in [0.25, 0.3) is 0 Å². The summed E-state index contributed by atoms with van der Waals surface area (Å²) >= 11 is 0. The van der Waals surface area contributed by atoms with Crippen LogP contribution in [-0.2, 0) is 16.5 Å². The summed E-state index contributed by atoms with van der Waals surface area (Å²) in [6.45, 7) is 9.91. The van der Waals surface area contributed by atoms with Crippen molar-refractivity contribution < 1.29 is 9.47 Å². The fourth-order valence-corrected chi connectivity index (χ4v) is 2.78. The molecule has 0 saturated carbocycles. The predicted octanol–water partition coefficient (Wildman–Crippen LogP) is 1.97. The number of aromatic nitrogens is 2. The third-order valence-corrected chi connectivity index (χ3v) is 4.15. The number of aryl methyl sites for hydroxylation is 1. The first kappa shape index (κ1) is 19.7. The first-order chi connectivity index (χ1) is 12.2. The van der Waals surface area contributed by atoms with Gasteiger partial charge in [0, 0.05) is 51.7 Å². The summed E-state index contributed by atoms with van der Waals surface area (Å²) in [5.74, 6) is 0.966. The lowest BCUT2D eigenvalue weighted by Crippen LogP contribution is -2.48. The smallest absolute Gasteiger partial charge is 0.194 e. The van der Waals surface area contributed by atoms with Crippen LogP contribution in [0.2, 0.25) is 0 Å². The molecule has 1 aliphatic rings. The van der Waals surface area contributed by atoms with Gasteiger partial charge >= 0.3 is 0 Å². The maximum absolute atomic E-state index is 5.92. The molecule has 0 radical (unpaired) electrons. The highest BCUT2D eigenvalue weighted by Crippen LogP contribution is 2.21. The van der Waals surface area contributed by atoms with E-state index in [1.165, 1.54) is 6.42 Å². The zero-order valence-electron chi connectivity index (χ0n) is 15.9. The molecule has 0 amide bonds. The van der Waals surface area contributed by atoms with Gasteiger partial charge in [-0.1, -0.05) is 13.3 Å². The summed E-state index contributed by atoms with van der Waals surface area (Å²) < 4.78 is 13.3. The molecule has 1 N–H and O–H groups in total. The van der Waals surface area contributed by atoms with Gasteiger partial charge in [-0.05, 0) is 19.8 Å². The van der Waals surface area contributed by atoms with Gasteiger partial charge in [0.15, 0.2) is 5.96 Å². The molecule has 1 saturated heterocycles. The van der Waals surface area contributed by atoms with Crippen molar-refractivity contribution in [2.24, 2.45) is 12.0 Å². The van der Waals surface area contributed by atoms with Gasteiger partial charge < -0.3 is 19.7 Å². The van der Waals surface area contributed by atoms with Crippen molar-refractivity contribution in [3.63, 3.8) is 0 Å². The topological polar surface area (TPSA) is 63.9 Å². The Labute approximate surface area is 151 Å². The van der Waals surface area contributed by atoms with E-state index in [4.69, 9.17) is 14.5 Å². The van der Waals surface area contributed by atoms with E-state index in [0.29, 0.717) is 6.61 Å². The Morgan fingerprint density at radius 3 is 2.96 bits per heavy atom. The molecule has 142 valence electrons. The Morgan fingerprint density at radius 2 is 2.24 bits per heavy atom. The third-order valence-electron chi connectivity index (χ3n) is 4.15. The minimum Gasteiger partial charge on any atom is -0.381 e. The molecule has 1 fully saturated rings. The number of guanidine groups is 1. The number of hydrogen-bond acceptors (Lipinski definition) is 4. The fraction of sp³-hybridized carbons (Fsp3) is 0.778. The number of nitrogens with one attached hydrogen (secondary N) is 1. The lowest BCUT2D eigenvalue weighted by Gasteiger charge is -2.34. The second-order valence-electron chi connectivity index (χ2n) is 6.31. The molecule has 0 aliphatic carbocycles. The molecule has 0 bridgehead atoms. The number of ether oxygens (including phenoxy) is 2. The van der Waals surface area contributed by atoms with Gasteiger partial charge in [-0.15, -0.1) is 0 Å². The molecule has 1 aromatic heterocycles. The highest BCUT2D eigenvalue weighted by atomic mass is 16.5. The Morgan fingerprint density at radius 1 is 1.40 bits per heavy atom. The monoisotopic (exact) mass is 351 g/mol. The lowest BCUT2D eigenvalue weighted by molar-refractivity contribution is -0.00805. The summed E-state index contributed by atoms with van der Waals surface area (Å²) in [5, 5.41) is 7.65. The predicted molar refractivity (Wildman–Crippen MR) is 99.8 cm³/mol. The number of rotatable bonds is 9. The van der Waals surface area contributed by atoms with Crippen molar-refractivity contribution in [3.8, 4) is 0 Å². The van der Waals surface area contributed by atoms with Crippen molar-refractivity contribution in [3.05, 3.63) is 18.0 Å². The van der Waals surface area contributed by atoms with Crippen LogP contribution >= 0.6 is 0 Å². The van der Waals surface area contributed by atoms with E-state index in [1.807, 2.05) is 24.1 Å². The van der Waals surface area contributed by atoms with Crippen LogP contribution in [0.4, 0.5) is 0 Å². The van der Waals surface area contributed by atoms with Crippen LogP contribution in [0.15, 0.2) is 17.4 Å². The van der Waals surface area contributed by atoms with Crippen LogP contribution in [0.1, 0.15) is 44.8 Å². The van der Waals surface area contributed by atoms with Crippen molar-refractivity contribution in [1.82, 2.24) is 20.0 Å². The fourth-order valence-electron chi connectivity index (χ4n) is 2.78. The minimum absolute atomic E-state index is 0.0451. The molecule has 2 heterocycles. The van der Waals surface area contributed by atoms with Crippen LogP contribution in [0, 0.1) is 0 Å². The third kappa shape index (κ3) is 6.66. The van der Waals surface area contributed by atoms with Gasteiger partial charge in [0.2, 0.25) is 0 Å². The van der Waals surface area contributed by atoms with E-state index in [9.17, 15) is 0 Å². The minimum atomic E-state index is 0.0451. The SMILES string of the molecule is CCCCOCCCN=C(NCC)N1CCOC(c2cnn(C)c2)C1. The van der Waals surface area contributed by atoms with Crippen molar-refractivity contribution in [1.29, 1.82) is 0 Å². The lowest BCUT2D eigenvalue weighted by atomic mass is 10.1. The normalized spacial score (nSPS) is 18.6. The molecule has 0 spiro atoms. The van der Waals surface area contributed by atoms with E-state index >= 15 is 0 Å². The quantitative estimate of drug-likeness (QED) is 0.419. The van der Waals surface area contributed by atoms with E-state index in [2.05, 4.69) is 29.2 Å². The van der Waals surface area contributed by atoms with E-state index < -0.39 is 0 Å². The number of nitrogens with zero attached hydrogens (tertiary/aromatic N) is 4. The first-order valence-corrected chi connectivity index (χ1v) is 9.45. The second kappa shape index (κ2) is 11.1. The average molecular weight is 351 g/mol. The van der Waals surface area contributed by atoms with Gasteiger partial charge in [-0.25, -0.2) is 0 Å². The largest absolute Gasteiger partial charge is 0.381 e. The first-order valence-electron chi connectivity index (χ1n) is 9.45. The highest BCUT2D eigenvalue weighted by molar-refractivity contribution is 5.80. The van der Waals surface area contributed by atoms with E-state index in [0.717, 1.165) is 63.8 Å². The van der Waals surface area contributed by atoms with Crippen LogP contribution in [0.3, 0.4) is 0 Å². The molecule has 1 atom stereocenters. The van der Waals surface area contributed by atoms with Crippen LogP contribution in [0.25, 0.3) is 0 Å². The van der Waals surface area contributed by atoms with Crippen LogP contribution < -0.4 is 5.32 Å². The average Bonchev–Trinajstić information content (AvgIpc) is 3.06. The number of hydrogen-bond donors (Lipinski definition) is 1. The number of morpholine rings is 1. The second-order valence-corrected chi connectivity index (χ2v) is 6.31. The van der Waals surface area contributed by atoms with Crippen molar-refractivity contribution >= 4 is 5.96 Å². The molecule has 7 nitrogen and oxygen atoms in total. The van der Waals surface area contributed by atoms with Gasteiger partial charge in [0.1, 0.15) is 6.10 Å². The van der Waals surface area contributed by atoms with E-state index in [-0.39, 0.29) is 6.10 Å². The molecule has 2 rings (SSSR count). The van der Waals surface area contributed by atoms with Gasteiger partial charge in [-0.3, -0.25) is 9.67 Å². The van der Waals surface area contributed by atoms with Gasteiger partial charge in [0.05, 0.1) is 19.3 Å². The molecule has 0 aromatic carbocycles. The maximum atomic E-state index is 5.92. The van der Waals surface area contributed by atoms with Crippen LogP contribution in [-0.4, -0.2) is 66.6 Å². The summed E-state index contributed by atoms with van der Waals surface area (Å²) in [6, 6.07) is 0. The molecule has 25 heavy (non-hydrogen) atoms. The summed E-state index contributed by atoms with van der Waals surface area (Å²) in [5.41, 5.74) is 1.12. The molecule has 1 aliphatic heterocycles. The number of unbranched alkanes of at least 4 members (excludes halogenated alkanes) is 1. The highest BCUT2D eigenvalue weighted by Gasteiger charge is 2.25. The number of aliphatic imine (C=N–C) groups is 1. The molecule has 7 heteroatoms. The Hall–Kier alpha value is -1.60. The molecule has 1 aromatic rings. The zero-order chi connectivity index (χ0) is 17.9. The molecular weight excluding hydrogens is 318 g/mol. The van der Waals surface area contributed by atoms with E-state index in [1.54, 1.807) is 0 Å². The summed E-state index contributed by atoms with van der Waals surface area (Å²) in [7, 11) is 1.93. The zero-order valence-corrected chi connectivity index (χ0v) is 15.9. The summed E-state index contributed by atoms with van der Waals surface area (Å²) in [6.07, 6.45) is 7.21. The van der Waals surface area contributed by atoms with Gasteiger partial charge in [-0.2, -0.15) is 5.10 Å². The Bertz CT molecular complexity index is 517. The van der Waals surface area contributed by atoms with Crippen LogP contribution in [0.5, 0.6) is 0 Å². The van der Waals surface area contributed by atoms with Crippen molar-refractivity contribution in [2.75, 3.05) is 46.0 Å². The maximum Gasteiger partial charge on any atom is 0.194 e. The summed E-state index contributed by atoms with van der Waals surface area (Å²) in [4.78, 5) is 7.04. The Kier molecular flexibility index (Phi) is 8.76. The molecule has 1 unspecified atom stereocenters. The standard InChI is InChI=1S/C18H33N5O2/c1-4-6-10-24-11-7-8-20-18(19-5-2)23-9-12-25-17(15-23)16-13-21-22(3)14-16/h13-14,17H,4-12,15H2,1-3H3,(H,19,20).